The first-order valence-electron chi connectivity index (χ1n) is 7.81. The van der Waals surface area contributed by atoms with Crippen molar-refractivity contribution in [2.24, 2.45) is 5.41 Å². The highest BCUT2D eigenvalue weighted by molar-refractivity contribution is 5.13. The second-order valence-electron chi connectivity index (χ2n) is 6.29. The summed E-state index contributed by atoms with van der Waals surface area (Å²) in [6.07, 6.45) is 8.79. The maximum Gasteiger partial charge on any atom is 0.0447 e. The van der Waals surface area contributed by atoms with E-state index in [0.717, 1.165) is 6.54 Å². The maximum absolute atomic E-state index is 4.57. The summed E-state index contributed by atoms with van der Waals surface area (Å²) in [6, 6.07) is 6.81. The summed E-state index contributed by atoms with van der Waals surface area (Å²) in [7, 11) is 0. The molecule has 0 radical (unpaired) electrons. The van der Waals surface area contributed by atoms with Gasteiger partial charge in [0.25, 0.3) is 0 Å². The van der Waals surface area contributed by atoms with Crippen molar-refractivity contribution < 1.29 is 0 Å². The van der Waals surface area contributed by atoms with Crippen LogP contribution >= 0.6 is 0 Å². The molecule has 0 bridgehead atoms. The van der Waals surface area contributed by atoms with E-state index in [1.165, 1.54) is 37.8 Å². The smallest absolute Gasteiger partial charge is 0.0447 e. The van der Waals surface area contributed by atoms with Gasteiger partial charge in [-0.3, -0.25) is 4.98 Å². The number of rotatable bonds is 5. The highest BCUT2D eigenvalue weighted by atomic mass is 14.9. The highest BCUT2D eigenvalue weighted by Gasteiger charge is 2.38. The molecule has 0 amide bonds. The first-order valence-corrected chi connectivity index (χ1v) is 7.81. The molecule has 0 aliphatic heterocycles. The van der Waals surface area contributed by atoms with Crippen molar-refractivity contribution in [3.63, 3.8) is 0 Å². The third kappa shape index (κ3) is 3.36. The average Bonchev–Trinajstić information content (AvgIpc) is 2.45. The fraction of sp³-hybridized carbons (Fsp3) is 0.706. The molecule has 1 aliphatic rings. The Balaban J connectivity index is 2.19. The molecular weight excluding hydrogens is 232 g/mol. The summed E-state index contributed by atoms with van der Waals surface area (Å²) in [6.45, 7) is 8.05. The first-order chi connectivity index (χ1) is 9.17. The molecule has 2 rings (SSSR count). The molecular formula is C17H28N2. The van der Waals surface area contributed by atoms with Crippen LogP contribution in [-0.4, -0.2) is 17.6 Å². The van der Waals surface area contributed by atoms with Gasteiger partial charge in [0.2, 0.25) is 0 Å². The Morgan fingerprint density at radius 3 is 2.58 bits per heavy atom. The summed E-state index contributed by atoms with van der Waals surface area (Å²) in [5.41, 5.74) is 1.64. The van der Waals surface area contributed by atoms with Gasteiger partial charge in [0.15, 0.2) is 0 Å². The number of hydrogen-bond donors (Lipinski definition) is 1. The minimum absolute atomic E-state index is 0.422. The second-order valence-corrected chi connectivity index (χ2v) is 6.29. The molecule has 1 aliphatic carbocycles. The molecule has 0 aromatic carbocycles. The Labute approximate surface area is 118 Å². The van der Waals surface area contributed by atoms with Gasteiger partial charge in [0.05, 0.1) is 0 Å². The number of pyridine rings is 1. The van der Waals surface area contributed by atoms with Crippen LogP contribution in [0.5, 0.6) is 0 Å². The molecule has 1 saturated carbocycles. The zero-order valence-corrected chi connectivity index (χ0v) is 12.7. The Morgan fingerprint density at radius 2 is 2.00 bits per heavy atom. The van der Waals surface area contributed by atoms with Crippen molar-refractivity contribution in [1.29, 1.82) is 0 Å². The molecule has 106 valence electrons. The zero-order valence-electron chi connectivity index (χ0n) is 12.7. The van der Waals surface area contributed by atoms with E-state index in [4.69, 9.17) is 0 Å². The molecule has 1 heterocycles. The van der Waals surface area contributed by atoms with Crippen LogP contribution in [0.3, 0.4) is 0 Å². The summed E-state index contributed by atoms with van der Waals surface area (Å²) in [4.78, 5) is 4.57. The molecule has 2 atom stereocenters. The molecule has 2 unspecified atom stereocenters. The second kappa shape index (κ2) is 6.51. The fourth-order valence-electron chi connectivity index (χ4n) is 3.73. The number of hydrogen-bond acceptors (Lipinski definition) is 2. The van der Waals surface area contributed by atoms with Gasteiger partial charge >= 0.3 is 0 Å². The molecule has 1 aromatic heterocycles. The molecule has 2 nitrogen and oxygen atoms in total. The number of nitrogens with one attached hydrogen (secondary N) is 1. The largest absolute Gasteiger partial charge is 0.313 e. The van der Waals surface area contributed by atoms with Crippen molar-refractivity contribution in [2.75, 3.05) is 6.54 Å². The zero-order chi connectivity index (χ0) is 13.7. The van der Waals surface area contributed by atoms with Gasteiger partial charge in [-0.15, -0.1) is 0 Å². The lowest BCUT2D eigenvalue weighted by Gasteiger charge is -2.44. The van der Waals surface area contributed by atoms with Gasteiger partial charge in [-0.2, -0.15) is 0 Å². The predicted molar refractivity (Wildman–Crippen MR) is 81.3 cm³/mol. The van der Waals surface area contributed by atoms with Crippen LogP contribution in [0.4, 0.5) is 0 Å². The molecule has 0 saturated heterocycles. The van der Waals surface area contributed by atoms with E-state index in [1.807, 2.05) is 12.3 Å². The van der Waals surface area contributed by atoms with Gasteiger partial charge in [-0.25, -0.2) is 0 Å². The number of nitrogens with zero attached hydrogens (tertiary/aromatic N) is 1. The third-order valence-corrected chi connectivity index (χ3v) is 4.82. The van der Waals surface area contributed by atoms with Crippen LogP contribution in [0.25, 0.3) is 0 Å². The third-order valence-electron chi connectivity index (χ3n) is 4.82. The predicted octanol–water partition coefficient (Wildman–Crippen LogP) is 4.13. The van der Waals surface area contributed by atoms with Crippen molar-refractivity contribution in [1.82, 2.24) is 10.3 Å². The first kappa shape index (κ1) is 14.5. The summed E-state index contributed by atoms with van der Waals surface area (Å²) < 4.78 is 0. The Hall–Kier alpha value is -0.890. The lowest BCUT2D eigenvalue weighted by atomic mass is 9.66. The number of aromatic nitrogens is 1. The molecule has 0 spiro atoms. The molecule has 19 heavy (non-hydrogen) atoms. The van der Waals surface area contributed by atoms with Crippen LogP contribution in [0.2, 0.25) is 0 Å². The van der Waals surface area contributed by atoms with Gasteiger partial charge in [-0.1, -0.05) is 46.1 Å². The monoisotopic (exact) mass is 260 g/mol. The van der Waals surface area contributed by atoms with E-state index in [1.54, 1.807) is 0 Å². The Morgan fingerprint density at radius 1 is 1.26 bits per heavy atom. The van der Waals surface area contributed by atoms with Crippen LogP contribution in [-0.2, 0) is 0 Å². The van der Waals surface area contributed by atoms with Crippen LogP contribution in [0.1, 0.15) is 64.5 Å². The maximum atomic E-state index is 4.57. The SMILES string of the molecule is CCNC(C(C)c1ccccn1)C1(C)CCCCC1. The van der Waals surface area contributed by atoms with Crippen molar-refractivity contribution in [2.45, 2.75) is 64.8 Å². The summed E-state index contributed by atoms with van der Waals surface area (Å²) >= 11 is 0. The normalized spacial score (nSPS) is 21.8. The van der Waals surface area contributed by atoms with E-state index in [0.29, 0.717) is 17.4 Å². The lowest BCUT2D eigenvalue weighted by molar-refractivity contribution is 0.129. The van der Waals surface area contributed by atoms with Gasteiger partial charge in [-0.05, 0) is 36.9 Å². The average molecular weight is 260 g/mol. The van der Waals surface area contributed by atoms with Gasteiger partial charge in [0, 0.05) is 23.9 Å². The molecule has 1 aromatic rings. The van der Waals surface area contributed by atoms with E-state index in [9.17, 15) is 0 Å². The van der Waals surface area contributed by atoms with Crippen molar-refractivity contribution in [3.8, 4) is 0 Å². The standard InChI is InChI=1S/C17H28N2/c1-4-18-16(17(3)11-7-5-8-12-17)14(2)15-10-6-9-13-19-15/h6,9-10,13-14,16,18H,4-5,7-8,11-12H2,1-3H3. The van der Waals surface area contributed by atoms with E-state index >= 15 is 0 Å². The summed E-state index contributed by atoms with van der Waals surface area (Å²) in [5, 5.41) is 3.75. The van der Waals surface area contributed by atoms with Crippen molar-refractivity contribution in [3.05, 3.63) is 30.1 Å². The quantitative estimate of drug-likeness (QED) is 0.861. The topological polar surface area (TPSA) is 24.9 Å². The van der Waals surface area contributed by atoms with E-state index < -0.39 is 0 Å². The van der Waals surface area contributed by atoms with E-state index in [2.05, 4.69) is 43.2 Å². The Bertz CT molecular complexity index is 368. The minimum atomic E-state index is 0.422. The molecule has 1 N–H and O–H groups in total. The van der Waals surface area contributed by atoms with Crippen LogP contribution in [0.15, 0.2) is 24.4 Å². The minimum Gasteiger partial charge on any atom is -0.313 e. The Kier molecular flexibility index (Phi) is 4.98. The van der Waals surface area contributed by atoms with E-state index in [-0.39, 0.29) is 0 Å². The van der Waals surface area contributed by atoms with Crippen LogP contribution in [0, 0.1) is 5.41 Å². The van der Waals surface area contributed by atoms with Gasteiger partial charge in [0.1, 0.15) is 0 Å². The van der Waals surface area contributed by atoms with Crippen molar-refractivity contribution >= 4 is 0 Å². The lowest BCUT2D eigenvalue weighted by Crippen LogP contribution is -2.48. The molecule has 2 heteroatoms. The fourth-order valence-corrected chi connectivity index (χ4v) is 3.73. The number of likely N-dealkylation sites (N-methyl/N-ethyl adjacent to an activating group) is 1. The van der Waals surface area contributed by atoms with Gasteiger partial charge < -0.3 is 5.32 Å². The summed E-state index contributed by atoms with van der Waals surface area (Å²) in [5.74, 6) is 0.476. The highest BCUT2D eigenvalue weighted by Crippen LogP contribution is 2.43. The molecule has 1 fully saturated rings. The van der Waals surface area contributed by atoms with Crippen LogP contribution < -0.4 is 5.32 Å².